The van der Waals surface area contributed by atoms with E-state index in [2.05, 4.69) is 45.9 Å². The molecule has 0 aliphatic heterocycles. The second-order valence-electron chi connectivity index (χ2n) is 6.77. The van der Waals surface area contributed by atoms with Gasteiger partial charge in [-0.1, -0.05) is 39.0 Å². The molecule has 1 aromatic rings. The fraction of sp³-hybridized carbons (Fsp3) is 0.625. The molecule has 1 aromatic carbocycles. The predicted octanol–water partition coefficient (Wildman–Crippen LogP) is 3.57. The molecule has 1 heteroatoms. The largest absolute Gasteiger partial charge is 0.330 e. The fourth-order valence-corrected chi connectivity index (χ4v) is 2.39. The van der Waals surface area contributed by atoms with E-state index in [9.17, 15) is 0 Å². The summed E-state index contributed by atoms with van der Waals surface area (Å²) in [6.07, 6.45) is 3.79. The van der Waals surface area contributed by atoms with Crippen molar-refractivity contribution in [3.63, 3.8) is 0 Å². The number of hydrogen-bond donors (Lipinski definition) is 1. The van der Waals surface area contributed by atoms with Gasteiger partial charge < -0.3 is 5.73 Å². The van der Waals surface area contributed by atoms with Gasteiger partial charge in [0.05, 0.1) is 0 Å². The first kappa shape index (κ1) is 12.6. The van der Waals surface area contributed by atoms with Crippen LogP contribution < -0.4 is 5.73 Å². The summed E-state index contributed by atoms with van der Waals surface area (Å²) >= 11 is 0. The lowest BCUT2D eigenvalue weighted by molar-refractivity contribution is 0.519. The predicted molar refractivity (Wildman–Crippen MR) is 74.3 cm³/mol. The molecule has 0 bridgehead atoms. The molecule has 0 spiro atoms. The maximum atomic E-state index is 5.87. The molecule has 2 rings (SSSR count). The zero-order chi connectivity index (χ0) is 12.7. The van der Waals surface area contributed by atoms with Crippen molar-refractivity contribution in [2.24, 2.45) is 11.1 Å². The lowest BCUT2D eigenvalue weighted by Gasteiger charge is -2.21. The summed E-state index contributed by atoms with van der Waals surface area (Å²) in [4.78, 5) is 0. The van der Waals surface area contributed by atoms with Crippen molar-refractivity contribution in [2.75, 3.05) is 6.54 Å². The van der Waals surface area contributed by atoms with Gasteiger partial charge >= 0.3 is 0 Å². The zero-order valence-corrected chi connectivity index (χ0v) is 11.6. The lowest BCUT2D eigenvalue weighted by Crippen LogP contribution is -2.19. The molecule has 1 saturated carbocycles. The highest BCUT2D eigenvalue weighted by Gasteiger charge is 2.41. The Morgan fingerprint density at radius 3 is 2.29 bits per heavy atom. The van der Waals surface area contributed by atoms with E-state index in [-0.39, 0.29) is 5.41 Å². The monoisotopic (exact) mass is 231 g/mol. The van der Waals surface area contributed by atoms with Gasteiger partial charge in [-0.2, -0.15) is 0 Å². The van der Waals surface area contributed by atoms with E-state index in [1.54, 1.807) is 0 Å². The molecule has 0 saturated heterocycles. The molecule has 17 heavy (non-hydrogen) atoms. The van der Waals surface area contributed by atoms with Crippen LogP contribution in [0.15, 0.2) is 18.2 Å². The van der Waals surface area contributed by atoms with Crippen molar-refractivity contribution < 1.29 is 0 Å². The molecule has 0 amide bonds. The van der Waals surface area contributed by atoms with Crippen LogP contribution >= 0.6 is 0 Å². The van der Waals surface area contributed by atoms with E-state index in [4.69, 9.17) is 5.73 Å². The van der Waals surface area contributed by atoms with E-state index in [0.717, 1.165) is 6.54 Å². The zero-order valence-electron chi connectivity index (χ0n) is 11.6. The summed E-state index contributed by atoms with van der Waals surface area (Å²) in [5, 5.41) is 0. The third-order valence-electron chi connectivity index (χ3n) is 4.16. The van der Waals surface area contributed by atoms with Gasteiger partial charge in [-0.05, 0) is 60.3 Å². The van der Waals surface area contributed by atoms with Gasteiger partial charge in [-0.15, -0.1) is 0 Å². The summed E-state index contributed by atoms with van der Waals surface area (Å²) in [5.74, 6) is 0. The van der Waals surface area contributed by atoms with Gasteiger partial charge in [-0.3, -0.25) is 0 Å². The second-order valence-corrected chi connectivity index (χ2v) is 6.77. The van der Waals surface area contributed by atoms with E-state index in [0.29, 0.717) is 5.41 Å². The van der Waals surface area contributed by atoms with Gasteiger partial charge in [0.2, 0.25) is 0 Å². The number of nitrogens with two attached hydrogens (primary N) is 1. The summed E-state index contributed by atoms with van der Waals surface area (Å²) in [6.45, 7) is 9.88. The minimum atomic E-state index is 0.244. The maximum absolute atomic E-state index is 5.87. The molecule has 0 atom stereocenters. The van der Waals surface area contributed by atoms with Crippen LogP contribution in [0.2, 0.25) is 0 Å². The quantitative estimate of drug-likeness (QED) is 0.845. The van der Waals surface area contributed by atoms with Crippen LogP contribution in [-0.2, 0) is 11.8 Å². The van der Waals surface area contributed by atoms with Gasteiger partial charge in [-0.25, -0.2) is 0 Å². The Balaban J connectivity index is 2.20. The Kier molecular flexibility index (Phi) is 3.07. The molecular formula is C16H25N. The molecule has 1 aliphatic carbocycles. The maximum Gasteiger partial charge on any atom is -0.00173 e. The number of rotatable bonds is 3. The number of benzene rings is 1. The summed E-state index contributed by atoms with van der Waals surface area (Å²) in [5.41, 5.74) is 10.9. The molecule has 0 aromatic heterocycles. The van der Waals surface area contributed by atoms with Crippen molar-refractivity contribution in [2.45, 2.75) is 52.4 Å². The van der Waals surface area contributed by atoms with E-state index in [1.807, 2.05) is 0 Å². The third-order valence-corrected chi connectivity index (χ3v) is 4.16. The SMILES string of the molecule is Cc1cc(C(C)(C)C)ccc1CC1(CN)CC1. The molecule has 1 nitrogen and oxygen atoms in total. The fourth-order valence-electron chi connectivity index (χ4n) is 2.39. The standard InChI is InChI=1S/C16H25N/c1-12-9-14(15(2,3)4)6-5-13(12)10-16(11-17)7-8-16/h5-6,9H,7-8,10-11,17H2,1-4H3. The van der Waals surface area contributed by atoms with E-state index < -0.39 is 0 Å². The van der Waals surface area contributed by atoms with Crippen LogP contribution in [-0.4, -0.2) is 6.54 Å². The Morgan fingerprint density at radius 2 is 1.88 bits per heavy atom. The van der Waals surface area contributed by atoms with Crippen LogP contribution in [0.25, 0.3) is 0 Å². The Hall–Kier alpha value is -0.820. The molecule has 0 heterocycles. The summed E-state index contributed by atoms with van der Waals surface area (Å²) < 4.78 is 0. The first-order chi connectivity index (χ1) is 7.86. The molecule has 1 aliphatic rings. The highest BCUT2D eigenvalue weighted by Crippen LogP contribution is 2.47. The highest BCUT2D eigenvalue weighted by atomic mass is 14.6. The molecule has 0 unspecified atom stereocenters. The minimum Gasteiger partial charge on any atom is -0.330 e. The number of aryl methyl sites for hydroxylation is 1. The third kappa shape index (κ3) is 2.71. The van der Waals surface area contributed by atoms with Crippen LogP contribution in [0.1, 0.15) is 50.3 Å². The topological polar surface area (TPSA) is 26.0 Å². The van der Waals surface area contributed by atoms with Crippen molar-refractivity contribution in [3.8, 4) is 0 Å². The molecule has 94 valence electrons. The Morgan fingerprint density at radius 1 is 1.24 bits per heavy atom. The Bertz CT molecular complexity index is 408. The first-order valence-corrected chi connectivity index (χ1v) is 6.66. The number of hydrogen-bond acceptors (Lipinski definition) is 1. The van der Waals surface area contributed by atoms with Crippen LogP contribution in [0.5, 0.6) is 0 Å². The smallest absolute Gasteiger partial charge is 0.00173 e. The first-order valence-electron chi connectivity index (χ1n) is 6.66. The van der Waals surface area contributed by atoms with Gasteiger partial charge in [0.25, 0.3) is 0 Å². The highest BCUT2D eigenvalue weighted by molar-refractivity contribution is 5.35. The van der Waals surface area contributed by atoms with Crippen molar-refractivity contribution in [3.05, 3.63) is 34.9 Å². The minimum absolute atomic E-state index is 0.244. The normalized spacial score (nSPS) is 18.2. The second kappa shape index (κ2) is 4.13. The van der Waals surface area contributed by atoms with Gasteiger partial charge in [0.15, 0.2) is 0 Å². The molecule has 2 N–H and O–H groups in total. The molecule has 0 radical (unpaired) electrons. The van der Waals surface area contributed by atoms with E-state index in [1.165, 1.54) is 36.0 Å². The van der Waals surface area contributed by atoms with Crippen LogP contribution in [0.4, 0.5) is 0 Å². The lowest BCUT2D eigenvalue weighted by atomic mass is 9.84. The average molecular weight is 231 g/mol. The van der Waals surface area contributed by atoms with Crippen LogP contribution in [0, 0.1) is 12.3 Å². The summed E-state index contributed by atoms with van der Waals surface area (Å²) in [6, 6.07) is 6.95. The molecular weight excluding hydrogens is 206 g/mol. The Labute approximate surface area is 105 Å². The van der Waals surface area contributed by atoms with Gasteiger partial charge in [0.1, 0.15) is 0 Å². The van der Waals surface area contributed by atoms with Crippen molar-refractivity contribution in [1.29, 1.82) is 0 Å². The van der Waals surface area contributed by atoms with Gasteiger partial charge in [0, 0.05) is 0 Å². The molecule has 1 fully saturated rings. The average Bonchev–Trinajstić information content (AvgIpc) is 3.00. The van der Waals surface area contributed by atoms with Crippen molar-refractivity contribution >= 4 is 0 Å². The summed E-state index contributed by atoms with van der Waals surface area (Å²) in [7, 11) is 0. The van der Waals surface area contributed by atoms with E-state index >= 15 is 0 Å². The van der Waals surface area contributed by atoms with Crippen molar-refractivity contribution in [1.82, 2.24) is 0 Å². The van der Waals surface area contributed by atoms with Crippen LogP contribution in [0.3, 0.4) is 0 Å².